The smallest absolute Gasteiger partial charge is 0.417 e. The number of hydrogen-bond donors (Lipinski definition) is 2. The second-order valence-electron chi connectivity index (χ2n) is 8.11. The van der Waals surface area contributed by atoms with E-state index in [1.54, 1.807) is 24.3 Å². The van der Waals surface area contributed by atoms with Crippen LogP contribution in [0.3, 0.4) is 0 Å². The quantitative estimate of drug-likeness (QED) is 0.491. The van der Waals surface area contributed by atoms with E-state index in [1.165, 1.54) is 13.0 Å². The van der Waals surface area contributed by atoms with Crippen LogP contribution in [0.4, 0.5) is 4.79 Å². The summed E-state index contributed by atoms with van der Waals surface area (Å²) in [4.78, 5) is 39.3. The SMILES string of the molecule is C[C@H](C(=O)N1C(=O)OC[C@@H]1c1ccccc1)[C@@H]1O[C@](O)(CCCCCCO)C(Br)=CC1=O. The molecule has 1 saturated heterocycles. The molecule has 3 rings (SSSR count). The summed E-state index contributed by atoms with van der Waals surface area (Å²) in [5, 5.41) is 19.9. The first-order valence-electron chi connectivity index (χ1n) is 10.8. The highest BCUT2D eigenvalue weighted by atomic mass is 79.9. The summed E-state index contributed by atoms with van der Waals surface area (Å²) < 4.78 is 11.1. The number of rotatable bonds is 9. The first-order valence-corrected chi connectivity index (χ1v) is 11.5. The summed E-state index contributed by atoms with van der Waals surface area (Å²) in [6.07, 6.45) is 2.32. The number of imide groups is 1. The molecular formula is C23H28BrNO7. The van der Waals surface area contributed by atoms with Crippen LogP contribution in [0.25, 0.3) is 0 Å². The maximum atomic E-state index is 13.3. The topological polar surface area (TPSA) is 113 Å². The lowest BCUT2D eigenvalue weighted by atomic mass is 9.93. The molecule has 32 heavy (non-hydrogen) atoms. The van der Waals surface area contributed by atoms with E-state index < -0.39 is 41.6 Å². The highest BCUT2D eigenvalue weighted by Crippen LogP contribution is 2.38. The fourth-order valence-corrected chi connectivity index (χ4v) is 4.45. The lowest BCUT2D eigenvalue weighted by Gasteiger charge is -2.37. The van der Waals surface area contributed by atoms with Crippen molar-refractivity contribution < 1.29 is 34.1 Å². The third-order valence-corrected chi connectivity index (χ3v) is 6.66. The van der Waals surface area contributed by atoms with Gasteiger partial charge in [-0.15, -0.1) is 0 Å². The number of ketones is 1. The summed E-state index contributed by atoms with van der Waals surface area (Å²) in [5.74, 6) is -3.82. The number of halogens is 1. The van der Waals surface area contributed by atoms with Gasteiger partial charge in [-0.25, -0.2) is 9.69 Å². The molecule has 2 aliphatic heterocycles. The number of nitrogens with zero attached hydrogens (tertiary/aromatic N) is 1. The second kappa shape index (κ2) is 10.7. The Balaban J connectivity index is 1.74. The fraction of sp³-hybridized carbons (Fsp3) is 0.522. The van der Waals surface area contributed by atoms with Gasteiger partial charge in [0, 0.05) is 13.0 Å². The van der Waals surface area contributed by atoms with Crippen LogP contribution in [0.15, 0.2) is 40.9 Å². The van der Waals surface area contributed by atoms with Gasteiger partial charge in [-0.1, -0.05) is 50.1 Å². The molecule has 0 aromatic heterocycles. The van der Waals surface area contributed by atoms with Gasteiger partial charge in [-0.3, -0.25) is 9.59 Å². The summed E-state index contributed by atoms with van der Waals surface area (Å²) in [7, 11) is 0. The summed E-state index contributed by atoms with van der Waals surface area (Å²) in [6.45, 7) is 1.65. The maximum Gasteiger partial charge on any atom is 0.417 e. The van der Waals surface area contributed by atoms with Gasteiger partial charge in [0.05, 0.1) is 10.4 Å². The number of benzene rings is 1. The van der Waals surface area contributed by atoms with Crippen molar-refractivity contribution in [3.05, 3.63) is 46.5 Å². The van der Waals surface area contributed by atoms with Crippen molar-refractivity contribution in [1.82, 2.24) is 4.90 Å². The molecule has 2 heterocycles. The zero-order valence-electron chi connectivity index (χ0n) is 17.9. The van der Waals surface area contributed by atoms with Crippen molar-refractivity contribution in [2.45, 2.75) is 57.0 Å². The lowest BCUT2D eigenvalue weighted by Crippen LogP contribution is -2.51. The molecule has 4 atom stereocenters. The van der Waals surface area contributed by atoms with E-state index in [-0.39, 0.29) is 24.1 Å². The number of unbranched alkanes of at least 4 members (excludes halogenated alkanes) is 3. The van der Waals surface area contributed by atoms with Crippen molar-refractivity contribution in [1.29, 1.82) is 0 Å². The van der Waals surface area contributed by atoms with Crippen molar-refractivity contribution in [3.8, 4) is 0 Å². The number of carbonyl (C=O) groups is 3. The van der Waals surface area contributed by atoms with Crippen LogP contribution >= 0.6 is 15.9 Å². The van der Waals surface area contributed by atoms with Gasteiger partial charge in [0.2, 0.25) is 5.91 Å². The first-order chi connectivity index (χ1) is 15.3. The van der Waals surface area contributed by atoms with Crippen molar-refractivity contribution in [3.63, 3.8) is 0 Å². The highest BCUT2D eigenvalue weighted by molar-refractivity contribution is 9.11. The molecule has 0 aliphatic carbocycles. The van der Waals surface area contributed by atoms with E-state index in [1.807, 2.05) is 6.07 Å². The van der Waals surface area contributed by atoms with Crippen molar-refractivity contribution in [2.75, 3.05) is 13.2 Å². The molecular weight excluding hydrogens is 482 g/mol. The minimum atomic E-state index is -1.74. The van der Waals surface area contributed by atoms with Crippen molar-refractivity contribution >= 4 is 33.7 Å². The van der Waals surface area contributed by atoms with Crippen LogP contribution < -0.4 is 0 Å². The Kier molecular flexibility index (Phi) is 8.21. The van der Waals surface area contributed by atoms with Gasteiger partial charge in [0.1, 0.15) is 18.8 Å². The monoisotopic (exact) mass is 509 g/mol. The van der Waals surface area contributed by atoms with Gasteiger partial charge in [0.15, 0.2) is 11.6 Å². The predicted octanol–water partition coefficient (Wildman–Crippen LogP) is 3.22. The van der Waals surface area contributed by atoms with E-state index in [4.69, 9.17) is 14.6 Å². The third kappa shape index (κ3) is 5.28. The normalized spacial score (nSPS) is 26.6. The lowest BCUT2D eigenvalue weighted by molar-refractivity contribution is -0.217. The molecule has 9 heteroatoms. The molecule has 2 amide bonds. The average Bonchev–Trinajstić information content (AvgIpc) is 3.17. The number of aliphatic hydroxyl groups is 2. The van der Waals surface area contributed by atoms with Crippen LogP contribution in [0, 0.1) is 5.92 Å². The summed E-state index contributed by atoms with van der Waals surface area (Å²) in [6, 6.07) is 8.45. The van der Waals surface area contributed by atoms with E-state index in [9.17, 15) is 19.5 Å². The van der Waals surface area contributed by atoms with Crippen LogP contribution in [0.1, 0.15) is 50.6 Å². The zero-order valence-corrected chi connectivity index (χ0v) is 19.5. The first kappa shape index (κ1) is 24.6. The molecule has 0 radical (unpaired) electrons. The van der Waals surface area contributed by atoms with Gasteiger partial charge in [0.25, 0.3) is 0 Å². The molecule has 1 aromatic rings. The minimum Gasteiger partial charge on any atom is -0.446 e. The fourth-order valence-electron chi connectivity index (χ4n) is 3.94. The van der Waals surface area contributed by atoms with E-state index >= 15 is 0 Å². The largest absolute Gasteiger partial charge is 0.446 e. The van der Waals surface area contributed by atoms with Gasteiger partial charge >= 0.3 is 6.09 Å². The molecule has 2 aliphatic rings. The Morgan fingerprint density at radius 2 is 1.91 bits per heavy atom. The predicted molar refractivity (Wildman–Crippen MR) is 119 cm³/mol. The Bertz CT molecular complexity index is 874. The van der Waals surface area contributed by atoms with Crippen LogP contribution in [-0.4, -0.2) is 58.0 Å². The van der Waals surface area contributed by atoms with Crippen LogP contribution in [-0.2, 0) is 19.1 Å². The Morgan fingerprint density at radius 1 is 1.22 bits per heavy atom. The minimum absolute atomic E-state index is 0.0318. The molecule has 1 fully saturated rings. The second-order valence-corrected chi connectivity index (χ2v) is 8.96. The maximum absolute atomic E-state index is 13.3. The zero-order chi connectivity index (χ0) is 23.3. The number of aliphatic hydroxyl groups excluding tert-OH is 1. The molecule has 174 valence electrons. The van der Waals surface area contributed by atoms with E-state index in [0.29, 0.717) is 12.8 Å². The number of ether oxygens (including phenoxy) is 2. The van der Waals surface area contributed by atoms with E-state index in [0.717, 1.165) is 23.3 Å². The molecule has 0 unspecified atom stereocenters. The molecule has 8 nitrogen and oxygen atoms in total. The standard InChI is InChI=1S/C23H28BrNO7/c1-15(21(28)25-17(14-31-22(25)29)16-9-5-4-6-10-16)20-18(27)13-19(24)23(30,32-20)11-7-2-3-8-12-26/h4-6,9-10,13,15,17,20,26,30H,2-3,7-8,11-12,14H2,1H3/t15-,17+,20-,23+/m0/s1. The number of amides is 2. The van der Waals surface area contributed by atoms with Gasteiger partial charge in [-0.2, -0.15) is 0 Å². The molecule has 0 bridgehead atoms. The van der Waals surface area contributed by atoms with Crippen molar-refractivity contribution in [2.24, 2.45) is 5.92 Å². The highest BCUT2D eigenvalue weighted by Gasteiger charge is 2.48. The Morgan fingerprint density at radius 3 is 2.59 bits per heavy atom. The number of hydrogen-bond acceptors (Lipinski definition) is 7. The Labute approximate surface area is 195 Å². The number of carbonyl (C=O) groups excluding carboxylic acids is 3. The molecule has 1 aromatic carbocycles. The van der Waals surface area contributed by atoms with Gasteiger partial charge < -0.3 is 19.7 Å². The Hall–Kier alpha value is -2.07. The molecule has 0 saturated carbocycles. The average molecular weight is 510 g/mol. The number of cyclic esters (lactones) is 1. The van der Waals surface area contributed by atoms with Crippen LogP contribution in [0.2, 0.25) is 0 Å². The molecule has 0 spiro atoms. The van der Waals surface area contributed by atoms with Gasteiger partial charge in [-0.05, 0) is 40.4 Å². The molecule has 2 N–H and O–H groups in total. The summed E-state index contributed by atoms with van der Waals surface area (Å²) in [5.41, 5.74) is 0.747. The summed E-state index contributed by atoms with van der Waals surface area (Å²) >= 11 is 3.22. The van der Waals surface area contributed by atoms with Crippen LogP contribution in [0.5, 0.6) is 0 Å². The third-order valence-electron chi connectivity index (χ3n) is 5.81. The van der Waals surface area contributed by atoms with E-state index in [2.05, 4.69) is 15.9 Å².